The molecular formula is C15H19N3O. The Bertz CT molecular complexity index is 584. The van der Waals surface area contributed by atoms with Crippen molar-refractivity contribution in [1.82, 2.24) is 10.3 Å². The van der Waals surface area contributed by atoms with Gasteiger partial charge in [0.25, 0.3) is 0 Å². The molecule has 100 valence electrons. The molecule has 1 amide bonds. The third-order valence-electron chi connectivity index (χ3n) is 3.91. The van der Waals surface area contributed by atoms with Crippen LogP contribution in [0.2, 0.25) is 0 Å². The minimum atomic E-state index is 0.104. The molecule has 3 rings (SSSR count). The van der Waals surface area contributed by atoms with Crippen LogP contribution in [0.25, 0.3) is 10.9 Å². The van der Waals surface area contributed by atoms with Gasteiger partial charge in [-0.05, 0) is 25.5 Å². The lowest BCUT2D eigenvalue weighted by molar-refractivity contribution is -0.122. The summed E-state index contributed by atoms with van der Waals surface area (Å²) in [5, 5.41) is 4.40. The van der Waals surface area contributed by atoms with Crippen LogP contribution in [0.5, 0.6) is 0 Å². The van der Waals surface area contributed by atoms with Gasteiger partial charge in [0.05, 0.1) is 11.6 Å². The molecule has 2 heterocycles. The summed E-state index contributed by atoms with van der Waals surface area (Å²) < 4.78 is 0. The number of hydrogen-bond donors (Lipinski definition) is 2. The maximum absolute atomic E-state index is 12.5. The Balaban J connectivity index is 1.86. The summed E-state index contributed by atoms with van der Waals surface area (Å²) in [5.41, 5.74) is 2.03. The number of fused-ring (bicyclic) bond motifs is 1. The van der Waals surface area contributed by atoms with Crippen LogP contribution in [-0.2, 0) is 4.79 Å². The Morgan fingerprint density at radius 3 is 3.00 bits per heavy atom. The van der Waals surface area contributed by atoms with Gasteiger partial charge in [0.1, 0.15) is 0 Å². The van der Waals surface area contributed by atoms with Crippen LogP contribution in [-0.4, -0.2) is 31.0 Å². The number of anilines is 1. The maximum atomic E-state index is 12.5. The number of nitrogens with zero attached hydrogens (tertiary/aromatic N) is 1. The van der Waals surface area contributed by atoms with Gasteiger partial charge in [0, 0.05) is 30.7 Å². The van der Waals surface area contributed by atoms with Gasteiger partial charge in [-0.3, -0.25) is 4.79 Å². The van der Waals surface area contributed by atoms with E-state index in [9.17, 15) is 4.79 Å². The lowest BCUT2D eigenvalue weighted by Gasteiger charge is -2.26. The van der Waals surface area contributed by atoms with Crippen molar-refractivity contribution in [3.8, 4) is 0 Å². The van der Waals surface area contributed by atoms with Gasteiger partial charge in [0.2, 0.25) is 5.91 Å². The molecule has 1 aromatic heterocycles. The fourth-order valence-electron chi connectivity index (χ4n) is 2.79. The zero-order valence-corrected chi connectivity index (χ0v) is 11.1. The summed E-state index contributed by atoms with van der Waals surface area (Å²) >= 11 is 0. The van der Waals surface area contributed by atoms with Gasteiger partial charge >= 0.3 is 0 Å². The lowest BCUT2D eigenvalue weighted by Crippen LogP contribution is -2.41. The summed E-state index contributed by atoms with van der Waals surface area (Å²) in [6.45, 7) is 1.83. The van der Waals surface area contributed by atoms with E-state index >= 15 is 0 Å². The highest BCUT2D eigenvalue weighted by molar-refractivity contribution is 6.03. The molecule has 2 N–H and O–H groups in total. The molecule has 0 radical (unpaired) electrons. The Hall–Kier alpha value is -1.81. The first-order valence-electron chi connectivity index (χ1n) is 6.82. The zero-order chi connectivity index (χ0) is 13.2. The minimum absolute atomic E-state index is 0.104. The highest BCUT2D eigenvalue weighted by Gasteiger charge is 2.25. The number of benzene rings is 1. The van der Waals surface area contributed by atoms with Crippen LogP contribution in [0.1, 0.15) is 12.8 Å². The van der Waals surface area contributed by atoms with Crippen molar-refractivity contribution < 1.29 is 4.79 Å². The lowest BCUT2D eigenvalue weighted by atomic mass is 9.98. The van der Waals surface area contributed by atoms with E-state index in [1.807, 2.05) is 37.5 Å². The normalized spacial score (nSPS) is 19.5. The second kappa shape index (κ2) is 5.05. The van der Waals surface area contributed by atoms with Crippen molar-refractivity contribution in [2.45, 2.75) is 12.8 Å². The molecule has 19 heavy (non-hydrogen) atoms. The third-order valence-corrected chi connectivity index (χ3v) is 3.91. The van der Waals surface area contributed by atoms with Gasteiger partial charge in [0.15, 0.2) is 0 Å². The number of amides is 1. The van der Waals surface area contributed by atoms with Gasteiger partial charge in [-0.15, -0.1) is 0 Å². The van der Waals surface area contributed by atoms with Crippen LogP contribution < -0.4 is 10.2 Å². The standard InChI is InChI=1S/C15H19N3O/c1-18(15(19)11-5-4-8-16-9-11)14-10-17-13-7-3-2-6-12(13)14/h2-3,6-7,10-11,16-17H,4-5,8-9H2,1H3. The monoisotopic (exact) mass is 257 g/mol. The summed E-state index contributed by atoms with van der Waals surface area (Å²) in [7, 11) is 1.87. The van der Waals surface area contributed by atoms with Crippen LogP contribution in [0.15, 0.2) is 30.5 Å². The first-order valence-corrected chi connectivity index (χ1v) is 6.82. The molecule has 1 aliphatic heterocycles. The number of aromatic amines is 1. The van der Waals surface area contributed by atoms with Crippen molar-refractivity contribution in [2.75, 3.05) is 25.0 Å². The van der Waals surface area contributed by atoms with E-state index in [1.165, 1.54) is 0 Å². The number of hydrogen-bond acceptors (Lipinski definition) is 2. The number of rotatable bonds is 2. The van der Waals surface area contributed by atoms with Gasteiger partial charge in [-0.2, -0.15) is 0 Å². The summed E-state index contributed by atoms with van der Waals surface area (Å²) in [6.07, 6.45) is 3.98. The van der Waals surface area contributed by atoms with Crippen LogP contribution in [0.4, 0.5) is 5.69 Å². The number of aromatic nitrogens is 1. The van der Waals surface area contributed by atoms with E-state index in [0.717, 1.165) is 42.5 Å². The van der Waals surface area contributed by atoms with E-state index < -0.39 is 0 Å². The average molecular weight is 257 g/mol. The molecule has 1 aromatic carbocycles. The second-order valence-electron chi connectivity index (χ2n) is 5.16. The fraction of sp³-hybridized carbons (Fsp3) is 0.400. The molecule has 1 aliphatic rings. The number of carbonyl (C=O) groups excluding carboxylic acids is 1. The Morgan fingerprint density at radius 2 is 2.21 bits per heavy atom. The first kappa shape index (κ1) is 12.2. The topological polar surface area (TPSA) is 48.1 Å². The largest absolute Gasteiger partial charge is 0.359 e. The van der Waals surface area contributed by atoms with Crippen molar-refractivity contribution in [3.63, 3.8) is 0 Å². The zero-order valence-electron chi connectivity index (χ0n) is 11.1. The van der Waals surface area contributed by atoms with Crippen LogP contribution >= 0.6 is 0 Å². The predicted molar refractivity (Wildman–Crippen MR) is 77.3 cm³/mol. The number of H-pyrrole nitrogens is 1. The van der Waals surface area contributed by atoms with E-state index in [4.69, 9.17) is 0 Å². The molecule has 1 fully saturated rings. The van der Waals surface area contributed by atoms with Gasteiger partial charge < -0.3 is 15.2 Å². The van der Waals surface area contributed by atoms with E-state index in [-0.39, 0.29) is 11.8 Å². The average Bonchev–Trinajstić information content (AvgIpc) is 2.90. The SMILES string of the molecule is CN(C(=O)C1CCCNC1)c1c[nH]c2ccccc12. The Morgan fingerprint density at radius 1 is 1.37 bits per heavy atom. The highest BCUT2D eigenvalue weighted by Crippen LogP contribution is 2.27. The quantitative estimate of drug-likeness (QED) is 0.866. The number of para-hydroxylation sites is 1. The Labute approximate surface area is 112 Å². The third kappa shape index (κ3) is 2.24. The molecule has 2 aromatic rings. The van der Waals surface area contributed by atoms with Gasteiger partial charge in [-0.1, -0.05) is 18.2 Å². The molecule has 0 saturated carbocycles. The van der Waals surface area contributed by atoms with E-state index in [1.54, 1.807) is 4.90 Å². The molecule has 4 nitrogen and oxygen atoms in total. The Kier molecular flexibility index (Phi) is 3.25. The molecule has 1 atom stereocenters. The minimum Gasteiger partial charge on any atom is -0.359 e. The molecule has 1 unspecified atom stereocenters. The predicted octanol–water partition coefficient (Wildman–Crippen LogP) is 2.13. The smallest absolute Gasteiger partial charge is 0.231 e. The van der Waals surface area contributed by atoms with Gasteiger partial charge in [-0.25, -0.2) is 0 Å². The van der Waals surface area contributed by atoms with Crippen molar-refractivity contribution in [3.05, 3.63) is 30.5 Å². The number of carbonyl (C=O) groups is 1. The molecule has 0 spiro atoms. The van der Waals surface area contributed by atoms with Crippen molar-refractivity contribution >= 4 is 22.5 Å². The molecule has 1 saturated heterocycles. The highest BCUT2D eigenvalue weighted by atomic mass is 16.2. The van der Waals surface area contributed by atoms with Crippen molar-refractivity contribution in [1.29, 1.82) is 0 Å². The fourth-order valence-corrected chi connectivity index (χ4v) is 2.79. The number of nitrogens with one attached hydrogen (secondary N) is 2. The molecular weight excluding hydrogens is 238 g/mol. The summed E-state index contributed by atoms with van der Waals surface area (Å²) in [4.78, 5) is 17.5. The molecule has 0 aliphatic carbocycles. The van der Waals surface area contributed by atoms with Crippen LogP contribution in [0.3, 0.4) is 0 Å². The van der Waals surface area contributed by atoms with E-state index in [0.29, 0.717) is 0 Å². The summed E-state index contributed by atoms with van der Waals surface area (Å²) in [6, 6.07) is 8.07. The molecule has 4 heteroatoms. The second-order valence-corrected chi connectivity index (χ2v) is 5.16. The van der Waals surface area contributed by atoms with E-state index in [2.05, 4.69) is 10.3 Å². The first-order chi connectivity index (χ1) is 9.27. The number of piperidine rings is 1. The summed E-state index contributed by atoms with van der Waals surface area (Å²) in [5.74, 6) is 0.310. The maximum Gasteiger partial charge on any atom is 0.231 e. The van der Waals surface area contributed by atoms with Crippen LogP contribution in [0, 0.1) is 5.92 Å². The molecule has 0 bridgehead atoms. The van der Waals surface area contributed by atoms with Crippen molar-refractivity contribution in [2.24, 2.45) is 5.92 Å².